The van der Waals surface area contributed by atoms with Crippen LogP contribution < -0.4 is 0 Å². The molecule has 1 aliphatic heterocycles. The van der Waals surface area contributed by atoms with Crippen LogP contribution in [0.2, 0.25) is 0 Å². The zero-order valence-electron chi connectivity index (χ0n) is 10.8. The molecule has 0 spiro atoms. The Balaban J connectivity index is 1.94. The Bertz CT molecular complexity index is 507. The zero-order chi connectivity index (χ0) is 13.5. The molecule has 0 saturated carbocycles. The predicted octanol–water partition coefficient (Wildman–Crippen LogP) is 2.14. The third kappa shape index (κ3) is 3.64. The van der Waals surface area contributed by atoms with Crippen molar-refractivity contribution < 1.29 is 0 Å². The van der Waals surface area contributed by atoms with E-state index < -0.39 is 6.04 Å². The number of benzene rings is 1. The number of hydrogen-bond donors (Lipinski definition) is 0. The highest BCUT2D eigenvalue weighted by atomic mass is 15.1. The van der Waals surface area contributed by atoms with Crippen LogP contribution in [0.4, 0.5) is 0 Å². The summed E-state index contributed by atoms with van der Waals surface area (Å²) in [6.45, 7) is 10.3. The summed E-state index contributed by atoms with van der Waals surface area (Å²) in [4.78, 5) is 10.0. The Labute approximate surface area is 113 Å². The summed E-state index contributed by atoms with van der Waals surface area (Å²) in [6, 6.07) is 11.6. The molecule has 1 aliphatic rings. The molecule has 0 fully saturated rings. The van der Waals surface area contributed by atoms with E-state index >= 15 is 0 Å². The minimum atomic E-state index is -0.698. The van der Waals surface area contributed by atoms with Crippen LogP contribution in [0.15, 0.2) is 35.3 Å². The molecule has 19 heavy (non-hydrogen) atoms. The van der Waals surface area contributed by atoms with Gasteiger partial charge in [-0.15, -0.1) is 0 Å². The molecule has 1 heterocycles. The Hall–Kier alpha value is -2.17. The fourth-order valence-electron chi connectivity index (χ4n) is 2.20. The monoisotopic (exact) mass is 252 g/mol. The number of nitriles is 1. The van der Waals surface area contributed by atoms with Crippen LogP contribution in [-0.4, -0.2) is 36.3 Å². The van der Waals surface area contributed by atoms with Crippen molar-refractivity contribution in [2.45, 2.75) is 19.0 Å². The highest BCUT2D eigenvalue weighted by molar-refractivity contribution is 5.93. The van der Waals surface area contributed by atoms with Crippen LogP contribution in [0.5, 0.6) is 0 Å². The number of rotatable bonds is 3. The maximum Gasteiger partial charge on any atom is 0.344 e. The Morgan fingerprint density at radius 1 is 1.37 bits per heavy atom. The van der Waals surface area contributed by atoms with Gasteiger partial charge in [0.25, 0.3) is 0 Å². The molecular formula is C15H16N4. The van der Waals surface area contributed by atoms with Gasteiger partial charge in [-0.1, -0.05) is 30.3 Å². The lowest BCUT2D eigenvalue weighted by Crippen LogP contribution is -2.27. The van der Waals surface area contributed by atoms with Gasteiger partial charge in [-0.3, -0.25) is 14.7 Å². The lowest BCUT2D eigenvalue weighted by atomic mass is 10.1. The average molecular weight is 252 g/mol. The van der Waals surface area contributed by atoms with Gasteiger partial charge in [-0.2, -0.15) is 5.26 Å². The van der Waals surface area contributed by atoms with E-state index in [2.05, 4.69) is 26.9 Å². The minimum Gasteiger partial charge on any atom is -0.297 e. The van der Waals surface area contributed by atoms with Crippen LogP contribution >= 0.6 is 0 Å². The molecule has 1 unspecified atom stereocenters. The fourth-order valence-corrected chi connectivity index (χ4v) is 2.20. The van der Waals surface area contributed by atoms with Gasteiger partial charge >= 0.3 is 6.04 Å². The van der Waals surface area contributed by atoms with Gasteiger partial charge in [-0.25, -0.2) is 6.57 Å². The molecule has 0 aliphatic carbocycles. The normalized spacial score (nSPS) is 17.7. The molecule has 1 atom stereocenters. The number of nitrogens with zero attached hydrogens (tertiary/aromatic N) is 4. The van der Waals surface area contributed by atoms with Crippen LogP contribution in [0, 0.1) is 17.9 Å². The van der Waals surface area contributed by atoms with E-state index in [1.54, 1.807) is 0 Å². The lowest BCUT2D eigenvalue weighted by molar-refractivity contribution is 0.286. The lowest BCUT2D eigenvalue weighted by Gasteiger charge is -2.19. The maximum atomic E-state index is 8.91. The van der Waals surface area contributed by atoms with E-state index in [0.29, 0.717) is 13.0 Å². The molecule has 0 radical (unpaired) electrons. The van der Waals surface area contributed by atoms with Gasteiger partial charge in [0.1, 0.15) is 5.71 Å². The van der Waals surface area contributed by atoms with E-state index in [0.717, 1.165) is 25.3 Å². The number of hydrogen-bond acceptors (Lipinski definition) is 3. The van der Waals surface area contributed by atoms with Crippen molar-refractivity contribution in [1.29, 1.82) is 5.26 Å². The number of aliphatic imine (C=N–C) groups is 1. The fraction of sp³-hybridized carbons (Fsp3) is 0.400. The molecule has 0 aromatic heterocycles. The van der Waals surface area contributed by atoms with Crippen molar-refractivity contribution >= 4 is 5.71 Å². The van der Waals surface area contributed by atoms with Crippen molar-refractivity contribution in [3.63, 3.8) is 0 Å². The van der Waals surface area contributed by atoms with E-state index in [4.69, 9.17) is 11.8 Å². The second-order valence-electron chi connectivity index (χ2n) is 4.55. The largest absolute Gasteiger partial charge is 0.344 e. The van der Waals surface area contributed by atoms with Crippen molar-refractivity contribution in [3.05, 3.63) is 47.3 Å². The first-order valence-electron chi connectivity index (χ1n) is 6.39. The molecule has 0 bridgehead atoms. The molecular weight excluding hydrogens is 236 g/mol. The Morgan fingerprint density at radius 2 is 2.16 bits per heavy atom. The minimum absolute atomic E-state index is 0.676. The molecule has 96 valence electrons. The Morgan fingerprint density at radius 3 is 2.84 bits per heavy atom. The Kier molecular flexibility index (Phi) is 4.66. The second-order valence-corrected chi connectivity index (χ2v) is 4.55. The average Bonchev–Trinajstić information content (AvgIpc) is 2.68. The molecule has 0 N–H and O–H groups in total. The van der Waals surface area contributed by atoms with Crippen molar-refractivity contribution in [3.8, 4) is 6.07 Å². The van der Waals surface area contributed by atoms with E-state index in [9.17, 15) is 0 Å². The molecule has 2 rings (SSSR count). The van der Waals surface area contributed by atoms with Gasteiger partial charge in [0.2, 0.25) is 0 Å². The van der Waals surface area contributed by atoms with E-state index in [-0.39, 0.29) is 0 Å². The zero-order valence-corrected chi connectivity index (χ0v) is 10.8. The maximum absolute atomic E-state index is 8.91. The van der Waals surface area contributed by atoms with Gasteiger partial charge < -0.3 is 0 Å². The third-order valence-electron chi connectivity index (χ3n) is 3.23. The molecule has 4 heteroatoms. The first kappa shape index (κ1) is 13.3. The first-order valence-corrected chi connectivity index (χ1v) is 6.39. The van der Waals surface area contributed by atoms with Crippen molar-refractivity contribution in [2.24, 2.45) is 4.99 Å². The second kappa shape index (κ2) is 6.68. The van der Waals surface area contributed by atoms with Gasteiger partial charge in [0.05, 0.1) is 6.54 Å². The molecule has 1 aromatic carbocycles. The van der Waals surface area contributed by atoms with Crippen LogP contribution in [0.25, 0.3) is 4.85 Å². The molecule has 0 amide bonds. The first-order chi connectivity index (χ1) is 9.33. The quantitative estimate of drug-likeness (QED) is 0.774. The molecule has 4 nitrogen and oxygen atoms in total. The van der Waals surface area contributed by atoms with Crippen LogP contribution in [0.1, 0.15) is 12.0 Å². The van der Waals surface area contributed by atoms with E-state index in [1.165, 1.54) is 5.56 Å². The summed E-state index contributed by atoms with van der Waals surface area (Å²) >= 11 is 0. The molecule has 1 aromatic rings. The van der Waals surface area contributed by atoms with Crippen LogP contribution in [-0.2, 0) is 6.54 Å². The summed E-state index contributed by atoms with van der Waals surface area (Å²) in [6.07, 6.45) is 0.716. The van der Waals surface area contributed by atoms with Crippen molar-refractivity contribution in [1.82, 2.24) is 4.90 Å². The third-order valence-corrected chi connectivity index (χ3v) is 3.23. The SMILES string of the molecule is [C-]#[N+]C(C#N)C1=NCCN(Cc2ccccc2)CC1. The van der Waals surface area contributed by atoms with Crippen LogP contribution in [0.3, 0.4) is 0 Å². The summed E-state index contributed by atoms with van der Waals surface area (Å²) in [5.41, 5.74) is 2.03. The van der Waals surface area contributed by atoms with Gasteiger partial charge in [0, 0.05) is 26.1 Å². The summed E-state index contributed by atoms with van der Waals surface area (Å²) < 4.78 is 0. The van der Waals surface area contributed by atoms with Gasteiger partial charge in [0.15, 0.2) is 6.07 Å². The smallest absolute Gasteiger partial charge is 0.297 e. The summed E-state index contributed by atoms with van der Waals surface area (Å²) in [7, 11) is 0. The summed E-state index contributed by atoms with van der Waals surface area (Å²) in [5.74, 6) is 0. The topological polar surface area (TPSA) is 43.8 Å². The van der Waals surface area contributed by atoms with Gasteiger partial charge in [-0.05, 0) is 5.56 Å². The van der Waals surface area contributed by atoms with E-state index in [1.807, 2.05) is 24.3 Å². The highest BCUT2D eigenvalue weighted by Crippen LogP contribution is 2.10. The van der Waals surface area contributed by atoms with Crippen molar-refractivity contribution in [2.75, 3.05) is 19.6 Å². The summed E-state index contributed by atoms with van der Waals surface area (Å²) in [5, 5.41) is 8.91. The predicted molar refractivity (Wildman–Crippen MR) is 74.6 cm³/mol. The standard InChI is InChI=1S/C15H16N4/c1-17-15(11-16)14-7-9-19(10-8-18-14)12-13-5-3-2-4-6-13/h2-6,15H,7-10,12H2. The molecule has 0 saturated heterocycles. The highest BCUT2D eigenvalue weighted by Gasteiger charge is 2.22.